The number of aliphatic carboxylic acids is 1. The van der Waals surface area contributed by atoms with E-state index in [2.05, 4.69) is 9.97 Å². The van der Waals surface area contributed by atoms with Crippen LogP contribution in [-0.2, 0) is 16.0 Å². The first-order valence-corrected chi connectivity index (χ1v) is 8.21. The number of likely N-dealkylation sites (tertiary alicyclic amines) is 1. The Morgan fingerprint density at radius 2 is 2.08 bits per heavy atom. The van der Waals surface area contributed by atoms with Crippen molar-refractivity contribution in [2.24, 2.45) is 0 Å². The Balaban J connectivity index is 2.19. The maximum atomic E-state index is 12.4. The van der Waals surface area contributed by atoms with Crippen LogP contribution in [-0.4, -0.2) is 44.2 Å². The van der Waals surface area contributed by atoms with Crippen LogP contribution in [0.3, 0.4) is 0 Å². The number of aryl methyl sites for hydroxylation is 2. The molecule has 2 rings (SSSR count). The number of ether oxygens (including phenoxy) is 1. The minimum atomic E-state index is -0.857. The molecule has 0 radical (unpaired) electrons. The third kappa shape index (κ3) is 4.91. The zero-order valence-corrected chi connectivity index (χ0v) is 14.7. The number of aromatic nitrogens is 2. The Kier molecular flexibility index (Phi) is 5.41. The lowest BCUT2D eigenvalue weighted by atomic mass is 10.1. The number of nitrogens with zero attached hydrogens (tertiary/aromatic N) is 3. The van der Waals surface area contributed by atoms with E-state index in [0.29, 0.717) is 24.5 Å². The fourth-order valence-corrected chi connectivity index (χ4v) is 2.80. The lowest BCUT2D eigenvalue weighted by Crippen LogP contribution is -2.36. The highest BCUT2D eigenvalue weighted by Gasteiger charge is 2.34. The summed E-state index contributed by atoms with van der Waals surface area (Å²) in [6.45, 7) is 7.94. The molecule has 1 unspecified atom stereocenters. The van der Waals surface area contributed by atoms with Crippen molar-refractivity contribution in [2.75, 3.05) is 6.54 Å². The Bertz CT molecular complexity index is 625. The van der Waals surface area contributed by atoms with Crippen LogP contribution in [0.4, 0.5) is 4.79 Å². The normalized spacial score (nSPS) is 17.8. The van der Waals surface area contributed by atoms with Gasteiger partial charge in [0.15, 0.2) is 0 Å². The van der Waals surface area contributed by atoms with Crippen molar-refractivity contribution in [3.63, 3.8) is 0 Å². The summed E-state index contributed by atoms with van der Waals surface area (Å²) in [6, 6.07) is 1.66. The first-order chi connectivity index (χ1) is 11.2. The van der Waals surface area contributed by atoms with E-state index in [9.17, 15) is 9.59 Å². The van der Waals surface area contributed by atoms with E-state index >= 15 is 0 Å². The fraction of sp³-hybridized carbons (Fsp3) is 0.647. The summed E-state index contributed by atoms with van der Waals surface area (Å²) in [5.74, 6) is -0.270. The lowest BCUT2D eigenvalue weighted by Gasteiger charge is -2.28. The Hall–Kier alpha value is -2.18. The van der Waals surface area contributed by atoms with Crippen molar-refractivity contribution < 1.29 is 19.4 Å². The van der Waals surface area contributed by atoms with E-state index in [4.69, 9.17) is 9.84 Å². The summed E-state index contributed by atoms with van der Waals surface area (Å²) in [7, 11) is 0. The predicted molar refractivity (Wildman–Crippen MR) is 87.6 cm³/mol. The third-order valence-electron chi connectivity index (χ3n) is 3.73. The van der Waals surface area contributed by atoms with Gasteiger partial charge in [0.05, 0.1) is 18.2 Å². The summed E-state index contributed by atoms with van der Waals surface area (Å²) >= 11 is 0. The quantitative estimate of drug-likeness (QED) is 0.909. The first kappa shape index (κ1) is 18.2. The number of carbonyl (C=O) groups excluding carboxylic acids is 1. The molecule has 1 aromatic rings. The van der Waals surface area contributed by atoms with E-state index in [-0.39, 0.29) is 18.6 Å². The average Bonchev–Trinajstić information content (AvgIpc) is 2.92. The molecular weight excluding hydrogens is 310 g/mol. The van der Waals surface area contributed by atoms with Crippen LogP contribution in [0.1, 0.15) is 63.3 Å². The van der Waals surface area contributed by atoms with Gasteiger partial charge in [-0.25, -0.2) is 14.8 Å². The number of hydrogen-bond acceptors (Lipinski definition) is 5. The molecule has 7 nitrogen and oxygen atoms in total. The largest absolute Gasteiger partial charge is 0.481 e. The topological polar surface area (TPSA) is 92.6 Å². The zero-order chi connectivity index (χ0) is 17.9. The van der Waals surface area contributed by atoms with Gasteiger partial charge in [-0.2, -0.15) is 0 Å². The second-order valence-electron chi connectivity index (χ2n) is 7.06. The number of carbonyl (C=O) groups is 2. The molecule has 0 saturated carbocycles. The zero-order valence-electron chi connectivity index (χ0n) is 14.7. The molecule has 1 amide bonds. The second kappa shape index (κ2) is 7.15. The highest BCUT2D eigenvalue weighted by Crippen LogP contribution is 2.32. The lowest BCUT2D eigenvalue weighted by molar-refractivity contribution is -0.136. The van der Waals surface area contributed by atoms with Gasteiger partial charge in [0, 0.05) is 18.7 Å². The van der Waals surface area contributed by atoms with Crippen molar-refractivity contribution in [1.29, 1.82) is 0 Å². The minimum absolute atomic E-state index is 0.0241. The van der Waals surface area contributed by atoms with E-state index in [0.717, 1.165) is 18.5 Å². The molecule has 1 aromatic heterocycles. The van der Waals surface area contributed by atoms with Gasteiger partial charge < -0.3 is 9.84 Å². The standard InChI is InChI=1S/C17H25N3O4/c1-11-18-12(7-8-15(21)22)10-13(19-11)14-6-5-9-20(14)16(23)24-17(2,3)4/h10,14H,5-9H2,1-4H3,(H,21,22). The summed E-state index contributed by atoms with van der Waals surface area (Å²) in [5.41, 5.74) is 0.903. The summed E-state index contributed by atoms with van der Waals surface area (Å²) in [4.78, 5) is 33.6. The molecule has 1 N–H and O–H groups in total. The van der Waals surface area contributed by atoms with Crippen LogP contribution in [0.25, 0.3) is 0 Å². The molecule has 0 spiro atoms. The fourth-order valence-electron chi connectivity index (χ4n) is 2.80. The van der Waals surface area contributed by atoms with E-state index in [1.807, 2.05) is 26.8 Å². The number of amides is 1. The Labute approximate surface area is 142 Å². The molecule has 24 heavy (non-hydrogen) atoms. The van der Waals surface area contributed by atoms with Crippen LogP contribution in [0, 0.1) is 6.92 Å². The smallest absolute Gasteiger partial charge is 0.410 e. The van der Waals surface area contributed by atoms with E-state index in [1.54, 1.807) is 11.8 Å². The van der Waals surface area contributed by atoms with Crippen molar-refractivity contribution in [2.45, 2.75) is 65.0 Å². The highest BCUT2D eigenvalue weighted by atomic mass is 16.6. The average molecular weight is 335 g/mol. The Morgan fingerprint density at radius 3 is 2.71 bits per heavy atom. The molecule has 0 aromatic carbocycles. The van der Waals surface area contributed by atoms with Gasteiger partial charge in [-0.05, 0) is 46.6 Å². The molecule has 1 fully saturated rings. The van der Waals surface area contributed by atoms with Gasteiger partial charge in [0.1, 0.15) is 11.4 Å². The van der Waals surface area contributed by atoms with Crippen molar-refractivity contribution >= 4 is 12.1 Å². The molecular formula is C17H25N3O4. The summed E-state index contributed by atoms with van der Waals surface area (Å²) in [6.07, 6.45) is 1.74. The Morgan fingerprint density at radius 1 is 1.38 bits per heavy atom. The van der Waals surface area contributed by atoms with Gasteiger partial charge in [-0.15, -0.1) is 0 Å². The van der Waals surface area contributed by atoms with Crippen LogP contribution in [0.2, 0.25) is 0 Å². The molecule has 1 atom stereocenters. The molecule has 1 aliphatic heterocycles. The summed E-state index contributed by atoms with van der Waals surface area (Å²) < 4.78 is 5.48. The maximum Gasteiger partial charge on any atom is 0.410 e. The number of rotatable bonds is 4. The van der Waals surface area contributed by atoms with Gasteiger partial charge in [0.25, 0.3) is 0 Å². The van der Waals surface area contributed by atoms with Gasteiger partial charge >= 0.3 is 12.1 Å². The van der Waals surface area contributed by atoms with Gasteiger partial charge in [-0.3, -0.25) is 9.69 Å². The first-order valence-electron chi connectivity index (χ1n) is 8.21. The van der Waals surface area contributed by atoms with Crippen LogP contribution >= 0.6 is 0 Å². The van der Waals surface area contributed by atoms with Crippen LogP contribution in [0.5, 0.6) is 0 Å². The molecule has 132 valence electrons. The number of carboxylic acids is 1. The predicted octanol–water partition coefficient (Wildman–Crippen LogP) is 2.87. The van der Waals surface area contributed by atoms with Crippen LogP contribution in [0.15, 0.2) is 6.07 Å². The highest BCUT2D eigenvalue weighted by molar-refractivity contribution is 5.69. The maximum absolute atomic E-state index is 12.4. The molecule has 0 aliphatic carbocycles. The molecule has 0 bridgehead atoms. The van der Waals surface area contributed by atoms with Crippen molar-refractivity contribution in [1.82, 2.24) is 14.9 Å². The van der Waals surface area contributed by atoms with Crippen molar-refractivity contribution in [3.8, 4) is 0 Å². The van der Waals surface area contributed by atoms with Crippen LogP contribution < -0.4 is 0 Å². The van der Waals surface area contributed by atoms with Gasteiger partial charge in [-0.1, -0.05) is 0 Å². The summed E-state index contributed by atoms with van der Waals surface area (Å²) in [5, 5.41) is 8.84. The second-order valence-corrected chi connectivity index (χ2v) is 7.06. The van der Waals surface area contributed by atoms with E-state index in [1.165, 1.54) is 0 Å². The van der Waals surface area contributed by atoms with E-state index < -0.39 is 11.6 Å². The molecule has 1 saturated heterocycles. The van der Waals surface area contributed by atoms with Crippen molar-refractivity contribution in [3.05, 3.63) is 23.3 Å². The SMILES string of the molecule is Cc1nc(CCC(=O)O)cc(C2CCCN2C(=O)OC(C)(C)C)n1. The molecule has 1 aliphatic rings. The monoisotopic (exact) mass is 335 g/mol. The number of carboxylic acid groups (broad SMARTS) is 1. The van der Waals surface area contributed by atoms with Gasteiger partial charge in [0.2, 0.25) is 0 Å². The minimum Gasteiger partial charge on any atom is -0.481 e. The third-order valence-corrected chi connectivity index (χ3v) is 3.73. The number of hydrogen-bond donors (Lipinski definition) is 1. The molecule has 2 heterocycles. The molecule has 7 heteroatoms.